The molecular formula is C12H19N3S. The van der Waals surface area contributed by atoms with Crippen LogP contribution in [-0.2, 0) is 0 Å². The van der Waals surface area contributed by atoms with Gasteiger partial charge in [0.05, 0.1) is 25.2 Å². The smallest absolute Gasteiger partial charge is 0.0874 e. The van der Waals surface area contributed by atoms with Crippen LogP contribution >= 0.6 is 12.6 Å². The Hall–Kier alpha value is -0.710. The van der Waals surface area contributed by atoms with Crippen molar-refractivity contribution >= 4 is 12.6 Å². The third-order valence-electron chi connectivity index (χ3n) is 3.40. The van der Waals surface area contributed by atoms with Gasteiger partial charge in [-0.05, 0) is 24.0 Å². The average Bonchev–Trinajstić information content (AvgIpc) is 2.31. The molecule has 0 radical (unpaired) electrons. The zero-order valence-electron chi connectivity index (χ0n) is 9.65. The number of nitrogens with zero attached hydrogens (tertiary/aromatic N) is 3. The van der Waals surface area contributed by atoms with E-state index in [0.717, 1.165) is 12.3 Å². The van der Waals surface area contributed by atoms with Crippen molar-refractivity contribution in [3.8, 4) is 12.1 Å². The minimum absolute atomic E-state index is 0.231. The van der Waals surface area contributed by atoms with Gasteiger partial charge < -0.3 is 0 Å². The van der Waals surface area contributed by atoms with Crippen LogP contribution in [0.3, 0.4) is 0 Å². The SMILES string of the molecule is N#CCN(CC#N)CC1(CS)CCCCC1. The van der Waals surface area contributed by atoms with Gasteiger partial charge in [0.2, 0.25) is 0 Å². The average molecular weight is 237 g/mol. The predicted octanol–water partition coefficient (Wildman–Crippen LogP) is 2.22. The normalized spacial score (nSPS) is 19.0. The molecule has 0 aliphatic heterocycles. The zero-order chi connectivity index (χ0) is 11.9. The zero-order valence-corrected chi connectivity index (χ0v) is 10.5. The Morgan fingerprint density at radius 3 is 2.06 bits per heavy atom. The molecule has 0 amide bonds. The molecule has 0 heterocycles. The van der Waals surface area contributed by atoms with E-state index in [4.69, 9.17) is 10.5 Å². The van der Waals surface area contributed by atoms with Crippen LogP contribution in [0.2, 0.25) is 0 Å². The molecule has 1 aliphatic carbocycles. The van der Waals surface area contributed by atoms with Crippen LogP contribution in [0, 0.1) is 28.1 Å². The first kappa shape index (κ1) is 13.4. The molecule has 0 spiro atoms. The number of hydrogen-bond donors (Lipinski definition) is 1. The van der Waals surface area contributed by atoms with Crippen LogP contribution in [0.25, 0.3) is 0 Å². The highest BCUT2D eigenvalue weighted by Gasteiger charge is 2.32. The molecule has 3 nitrogen and oxygen atoms in total. The summed E-state index contributed by atoms with van der Waals surface area (Å²) in [5, 5.41) is 17.5. The summed E-state index contributed by atoms with van der Waals surface area (Å²) in [5.74, 6) is 0.861. The fourth-order valence-corrected chi connectivity index (χ4v) is 2.93. The standard InChI is InChI=1S/C12H19N3S/c13-6-8-15(9-7-14)10-12(11-16)4-2-1-3-5-12/h16H,1-5,8-11H2. The maximum atomic E-state index is 8.73. The van der Waals surface area contributed by atoms with E-state index in [1.165, 1.54) is 32.1 Å². The Morgan fingerprint density at radius 1 is 1.06 bits per heavy atom. The minimum Gasteiger partial charge on any atom is -0.277 e. The Labute approximate surface area is 103 Å². The second kappa shape index (κ2) is 6.78. The fourth-order valence-electron chi connectivity index (χ4n) is 2.51. The van der Waals surface area contributed by atoms with E-state index in [1.54, 1.807) is 0 Å². The van der Waals surface area contributed by atoms with Gasteiger partial charge in [-0.25, -0.2) is 0 Å². The molecule has 16 heavy (non-hydrogen) atoms. The number of hydrogen-bond acceptors (Lipinski definition) is 4. The summed E-state index contributed by atoms with van der Waals surface area (Å²) in [6.07, 6.45) is 6.20. The van der Waals surface area contributed by atoms with Crippen molar-refractivity contribution in [1.29, 1.82) is 10.5 Å². The van der Waals surface area contributed by atoms with E-state index in [9.17, 15) is 0 Å². The molecule has 1 aliphatic rings. The maximum absolute atomic E-state index is 8.73. The molecule has 0 saturated heterocycles. The molecule has 1 saturated carbocycles. The summed E-state index contributed by atoms with van der Waals surface area (Å²) in [6, 6.07) is 4.27. The van der Waals surface area contributed by atoms with Crippen molar-refractivity contribution in [2.75, 3.05) is 25.4 Å². The Kier molecular flexibility index (Phi) is 5.66. The van der Waals surface area contributed by atoms with Gasteiger partial charge in [-0.1, -0.05) is 19.3 Å². The summed E-state index contributed by atoms with van der Waals surface area (Å²) < 4.78 is 0. The topological polar surface area (TPSA) is 50.8 Å². The van der Waals surface area contributed by atoms with Crippen molar-refractivity contribution in [2.45, 2.75) is 32.1 Å². The van der Waals surface area contributed by atoms with Gasteiger partial charge in [0.15, 0.2) is 0 Å². The van der Waals surface area contributed by atoms with Crippen LogP contribution in [0.15, 0.2) is 0 Å². The van der Waals surface area contributed by atoms with Crippen molar-refractivity contribution in [3.63, 3.8) is 0 Å². The molecule has 0 atom stereocenters. The molecule has 0 unspecified atom stereocenters. The summed E-state index contributed by atoms with van der Waals surface area (Å²) in [5.41, 5.74) is 0.231. The first-order chi connectivity index (χ1) is 7.76. The third kappa shape index (κ3) is 3.70. The van der Waals surface area contributed by atoms with Crippen LogP contribution < -0.4 is 0 Å². The number of thiol groups is 1. The summed E-state index contributed by atoms with van der Waals surface area (Å²) in [4.78, 5) is 1.95. The first-order valence-corrected chi connectivity index (χ1v) is 6.47. The lowest BCUT2D eigenvalue weighted by Crippen LogP contribution is -2.41. The van der Waals surface area contributed by atoms with Crippen LogP contribution in [0.5, 0.6) is 0 Å². The van der Waals surface area contributed by atoms with E-state index in [0.29, 0.717) is 13.1 Å². The molecule has 4 heteroatoms. The monoisotopic (exact) mass is 237 g/mol. The minimum atomic E-state index is 0.231. The van der Waals surface area contributed by atoms with Gasteiger partial charge in [0.25, 0.3) is 0 Å². The van der Waals surface area contributed by atoms with Crippen molar-refractivity contribution in [2.24, 2.45) is 5.41 Å². The largest absolute Gasteiger partial charge is 0.277 e. The van der Waals surface area contributed by atoms with Crippen molar-refractivity contribution in [1.82, 2.24) is 4.90 Å². The molecule has 0 N–H and O–H groups in total. The molecule has 0 aromatic heterocycles. The van der Waals surface area contributed by atoms with Gasteiger partial charge in [-0.15, -0.1) is 0 Å². The number of rotatable bonds is 5. The molecule has 88 valence electrons. The van der Waals surface area contributed by atoms with Crippen molar-refractivity contribution < 1.29 is 0 Å². The highest BCUT2D eigenvalue weighted by atomic mass is 32.1. The lowest BCUT2D eigenvalue weighted by Gasteiger charge is -2.39. The van der Waals surface area contributed by atoms with E-state index in [2.05, 4.69) is 24.8 Å². The Bertz CT molecular complexity index is 268. The molecule has 0 bridgehead atoms. The second-order valence-electron chi connectivity index (χ2n) is 4.68. The Balaban J connectivity index is 2.59. The second-order valence-corrected chi connectivity index (χ2v) is 5.00. The van der Waals surface area contributed by atoms with Crippen molar-refractivity contribution in [3.05, 3.63) is 0 Å². The highest BCUT2D eigenvalue weighted by Crippen LogP contribution is 2.37. The van der Waals surface area contributed by atoms with E-state index >= 15 is 0 Å². The van der Waals surface area contributed by atoms with Gasteiger partial charge in [-0.3, -0.25) is 4.90 Å². The summed E-state index contributed by atoms with van der Waals surface area (Å²) >= 11 is 4.47. The fraction of sp³-hybridized carbons (Fsp3) is 0.833. The molecule has 0 aromatic carbocycles. The molecule has 1 rings (SSSR count). The van der Waals surface area contributed by atoms with Gasteiger partial charge in [-0.2, -0.15) is 23.2 Å². The van der Waals surface area contributed by atoms with E-state index < -0.39 is 0 Å². The predicted molar refractivity (Wildman–Crippen MR) is 67.0 cm³/mol. The van der Waals surface area contributed by atoms with Gasteiger partial charge in [0.1, 0.15) is 0 Å². The van der Waals surface area contributed by atoms with Gasteiger partial charge in [0, 0.05) is 6.54 Å². The van der Waals surface area contributed by atoms with Gasteiger partial charge >= 0.3 is 0 Å². The quantitative estimate of drug-likeness (QED) is 0.589. The van der Waals surface area contributed by atoms with Crippen LogP contribution in [0.4, 0.5) is 0 Å². The highest BCUT2D eigenvalue weighted by molar-refractivity contribution is 7.80. The molecule has 1 fully saturated rings. The summed E-state index contributed by atoms with van der Waals surface area (Å²) in [6.45, 7) is 1.55. The van der Waals surface area contributed by atoms with Crippen LogP contribution in [-0.4, -0.2) is 30.3 Å². The summed E-state index contributed by atoms with van der Waals surface area (Å²) in [7, 11) is 0. The lowest BCUT2D eigenvalue weighted by molar-refractivity contribution is 0.145. The van der Waals surface area contributed by atoms with E-state index in [-0.39, 0.29) is 5.41 Å². The van der Waals surface area contributed by atoms with E-state index in [1.807, 2.05) is 4.90 Å². The first-order valence-electron chi connectivity index (χ1n) is 5.83. The Morgan fingerprint density at radius 2 is 1.62 bits per heavy atom. The molecule has 0 aromatic rings. The number of nitriles is 2. The molecular weight excluding hydrogens is 218 g/mol. The third-order valence-corrected chi connectivity index (χ3v) is 4.07. The van der Waals surface area contributed by atoms with Crippen LogP contribution in [0.1, 0.15) is 32.1 Å². The lowest BCUT2D eigenvalue weighted by atomic mass is 9.75. The maximum Gasteiger partial charge on any atom is 0.0874 e.